The van der Waals surface area contributed by atoms with Crippen LogP contribution in [0.4, 0.5) is 4.79 Å². The Balaban J connectivity index is 1.54. The summed E-state index contributed by atoms with van der Waals surface area (Å²) in [6, 6.07) is 16.7. The molecule has 4 rings (SSSR count). The average molecular weight is 465 g/mol. The summed E-state index contributed by atoms with van der Waals surface area (Å²) < 4.78 is 11.7. The van der Waals surface area contributed by atoms with Crippen LogP contribution < -0.4 is 0 Å². The quantitative estimate of drug-likeness (QED) is 0.537. The number of fused-ring (bicyclic) bond motifs is 1. The lowest BCUT2D eigenvalue weighted by Crippen LogP contribution is -2.53. The van der Waals surface area contributed by atoms with Crippen LogP contribution in [0, 0.1) is 5.92 Å². The van der Waals surface area contributed by atoms with Crippen LogP contribution in [0.15, 0.2) is 54.6 Å². The Morgan fingerprint density at radius 2 is 1.62 bits per heavy atom. The van der Waals surface area contributed by atoms with Gasteiger partial charge in [0.05, 0.1) is 36.4 Å². The van der Waals surface area contributed by atoms with Gasteiger partial charge in [0.25, 0.3) is 11.8 Å². The molecule has 2 aromatic carbocycles. The number of imide groups is 1. The molecule has 0 radical (unpaired) electrons. The smallest absolute Gasteiger partial charge is 0.410 e. The van der Waals surface area contributed by atoms with E-state index in [1.54, 1.807) is 29.2 Å². The number of hydrogen-bond acceptors (Lipinski definition) is 5. The van der Waals surface area contributed by atoms with Gasteiger partial charge in [0.1, 0.15) is 5.60 Å². The first-order chi connectivity index (χ1) is 16.2. The lowest BCUT2D eigenvalue weighted by molar-refractivity contribution is 0.00344. The van der Waals surface area contributed by atoms with Gasteiger partial charge in [-0.05, 0) is 51.8 Å². The number of carbonyl (C=O) groups excluding carboxylic acids is 3. The summed E-state index contributed by atoms with van der Waals surface area (Å²) in [6.07, 6.45) is 0.180. The number of hydrogen-bond donors (Lipinski definition) is 0. The van der Waals surface area contributed by atoms with E-state index in [0.29, 0.717) is 37.3 Å². The van der Waals surface area contributed by atoms with E-state index in [9.17, 15) is 14.4 Å². The lowest BCUT2D eigenvalue weighted by Gasteiger charge is -2.36. The van der Waals surface area contributed by atoms with E-state index in [1.807, 2.05) is 58.0 Å². The van der Waals surface area contributed by atoms with E-state index in [1.165, 1.54) is 4.90 Å². The highest BCUT2D eigenvalue weighted by atomic mass is 16.6. The Morgan fingerprint density at radius 1 is 1.03 bits per heavy atom. The minimum atomic E-state index is -0.721. The van der Waals surface area contributed by atoms with Gasteiger partial charge in [-0.25, -0.2) is 4.79 Å². The summed E-state index contributed by atoms with van der Waals surface area (Å²) in [4.78, 5) is 42.2. The van der Waals surface area contributed by atoms with Crippen molar-refractivity contribution in [2.75, 3.05) is 19.7 Å². The molecule has 0 N–H and O–H groups in total. The lowest BCUT2D eigenvalue weighted by atomic mass is 10.1. The van der Waals surface area contributed by atoms with E-state index in [2.05, 4.69) is 0 Å². The maximum Gasteiger partial charge on any atom is 0.410 e. The first-order valence-electron chi connectivity index (χ1n) is 11.7. The molecule has 2 atom stereocenters. The minimum Gasteiger partial charge on any atom is -0.444 e. The molecule has 3 amide bonds. The van der Waals surface area contributed by atoms with Gasteiger partial charge in [0, 0.05) is 12.5 Å². The van der Waals surface area contributed by atoms with E-state index in [0.717, 1.165) is 5.56 Å². The van der Waals surface area contributed by atoms with Gasteiger partial charge < -0.3 is 14.4 Å². The van der Waals surface area contributed by atoms with Crippen molar-refractivity contribution < 1.29 is 23.9 Å². The van der Waals surface area contributed by atoms with Crippen LogP contribution in [0.25, 0.3) is 0 Å². The van der Waals surface area contributed by atoms with Crippen molar-refractivity contribution >= 4 is 17.9 Å². The first-order valence-corrected chi connectivity index (χ1v) is 11.7. The van der Waals surface area contributed by atoms with E-state index in [4.69, 9.17) is 9.47 Å². The Labute approximate surface area is 200 Å². The molecule has 34 heavy (non-hydrogen) atoms. The van der Waals surface area contributed by atoms with Crippen LogP contribution in [0.3, 0.4) is 0 Å². The Bertz CT molecular complexity index is 1040. The number of nitrogens with zero attached hydrogens (tertiary/aromatic N) is 2. The Morgan fingerprint density at radius 3 is 2.18 bits per heavy atom. The van der Waals surface area contributed by atoms with Crippen molar-refractivity contribution in [1.29, 1.82) is 0 Å². The fourth-order valence-electron chi connectivity index (χ4n) is 4.68. The molecule has 7 nitrogen and oxygen atoms in total. The zero-order valence-electron chi connectivity index (χ0n) is 20.2. The summed E-state index contributed by atoms with van der Waals surface area (Å²) in [7, 11) is 0. The normalized spacial score (nSPS) is 21.4. The van der Waals surface area contributed by atoms with Crippen molar-refractivity contribution in [3.8, 4) is 0 Å². The Hall–Kier alpha value is -3.19. The number of benzene rings is 2. The van der Waals surface area contributed by atoms with Gasteiger partial charge in [-0.1, -0.05) is 42.5 Å². The molecular weight excluding hydrogens is 432 g/mol. The summed E-state index contributed by atoms with van der Waals surface area (Å²) in [5.41, 5.74) is 0.492. The first kappa shape index (κ1) is 24.0. The topological polar surface area (TPSA) is 76.2 Å². The predicted octanol–water partition coefficient (Wildman–Crippen LogP) is 4.52. The van der Waals surface area contributed by atoms with Gasteiger partial charge in [-0.2, -0.15) is 0 Å². The summed E-state index contributed by atoms with van der Waals surface area (Å²) in [6.45, 7) is 8.73. The zero-order valence-corrected chi connectivity index (χ0v) is 20.2. The predicted molar refractivity (Wildman–Crippen MR) is 127 cm³/mol. The molecule has 0 saturated heterocycles. The molecule has 0 aromatic heterocycles. The number of ether oxygens (including phenoxy) is 2. The Kier molecular flexibility index (Phi) is 6.49. The molecule has 1 aliphatic carbocycles. The second kappa shape index (κ2) is 9.22. The summed E-state index contributed by atoms with van der Waals surface area (Å²) in [5.74, 6) is -0.667. The fraction of sp³-hybridized carbons (Fsp3) is 0.444. The molecule has 1 heterocycles. The highest BCUT2D eigenvalue weighted by Crippen LogP contribution is 2.50. The van der Waals surface area contributed by atoms with Crippen LogP contribution >= 0.6 is 0 Å². The zero-order chi connectivity index (χ0) is 24.5. The van der Waals surface area contributed by atoms with Crippen LogP contribution in [0.2, 0.25) is 0 Å². The average Bonchev–Trinajstić information content (AvgIpc) is 3.43. The molecule has 1 aliphatic heterocycles. The van der Waals surface area contributed by atoms with E-state index < -0.39 is 17.2 Å². The number of amides is 3. The molecule has 0 bridgehead atoms. The number of likely N-dealkylation sites (N-methyl/N-ethyl adjacent to an activating group) is 1. The highest BCUT2D eigenvalue weighted by molar-refractivity contribution is 6.21. The molecule has 2 aliphatic rings. The van der Waals surface area contributed by atoms with Gasteiger partial charge >= 0.3 is 6.09 Å². The SMILES string of the molecule is CCN(C(=O)OC(C)(C)C)[C@]1(CN2C(=O)c3ccccc3C2=O)C[C@H]1COCc1ccccc1. The molecule has 7 heteroatoms. The molecule has 2 aromatic rings. The summed E-state index contributed by atoms with van der Waals surface area (Å²) >= 11 is 0. The molecule has 0 unspecified atom stereocenters. The van der Waals surface area contributed by atoms with Crippen molar-refractivity contribution in [2.24, 2.45) is 5.92 Å². The largest absolute Gasteiger partial charge is 0.444 e. The van der Waals surface area contributed by atoms with Gasteiger partial charge in [0.2, 0.25) is 0 Å². The molecule has 180 valence electrons. The van der Waals surface area contributed by atoms with E-state index >= 15 is 0 Å². The van der Waals surface area contributed by atoms with Crippen molar-refractivity contribution in [1.82, 2.24) is 9.80 Å². The second-order valence-corrected chi connectivity index (χ2v) is 9.97. The van der Waals surface area contributed by atoms with Gasteiger partial charge in [-0.15, -0.1) is 0 Å². The third-order valence-electron chi connectivity index (χ3n) is 6.41. The third-order valence-corrected chi connectivity index (χ3v) is 6.41. The van der Waals surface area contributed by atoms with Crippen molar-refractivity contribution in [3.63, 3.8) is 0 Å². The summed E-state index contributed by atoms with van der Waals surface area (Å²) in [5, 5.41) is 0. The molecular formula is C27H32N2O5. The molecule has 0 spiro atoms. The van der Waals surface area contributed by atoms with Crippen LogP contribution in [0.1, 0.15) is 60.4 Å². The van der Waals surface area contributed by atoms with Crippen molar-refractivity contribution in [2.45, 2.75) is 51.9 Å². The molecule has 1 saturated carbocycles. The third kappa shape index (κ3) is 4.71. The van der Waals surface area contributed by atoms with Gasteiger partial charge in [0.15, 0.2) is 0 Å². The maximum absolute atomic E-state index is 13.1. The minimum absolute atomic E-state index is 0.0204. The van der Waals surface area contributed by atoms with Crippen LogP contribution in [-0.4, -0.2) is 58.5 Å². The standard InChI is InChI=1S/C27H32N2O5/c1-5-29(25(32)34-26(2,3)4)27(15-20(27)17-33-16-19-11-7-6-8-12-19)18-28-23(30)21-13-9-10-14-22(21)24(28)31/h6-14,20H,5,15-18H2,1-4H3/t20-,27-/m0/s1. The van der Waals surface area contributed by atoms with E-state index in [-0.39, 0.29) is 24.3 Å². The van der Waals surface area contributed by atoms with Crippen molar-refractivity contribution in [3.05, 3.63) is 71.3 Å². The number of carbonyl (C=O) groups is 3. The van der Waals surface area contributed by atoms with Crippen LogP contribution in [-0.2, 0) is 16.1 Å². The number of rotatable bonds is 8. The van der Waals surface area contributed by atoms with Gasteiger partial charge in [-0.3, -0.25) is 14.5 Å². The van der Waals surface area contributed by atoms with Crippen LogP contribution in [0.5, 0.6) is 0 Å². The second-order valence-electron chi connectivity index (χ2n) is 9.97. The maximum atomic E-state index is 13.1. The highest BCUT2D eigenvalue weighted by Gasteiger charge is 2.62. The fourth-order valence-corrected chi connectivity index (χ4v) is 4.68. The monoisotopic (exact) mass is 464 g/mol. The molecule has 1 fully saturated rings.